The third-order valence-electron chi connectivity index (χ3n) is 5.07. The second-order valence-corrected chi connectivity index (χ2v) is 7.90. The molecule has 0 spiro atoms. The van der Waals surface area contributed by atoms with Crippen LogP contribution in [0.5, 0.6) is 0 Å². The molecule has 0 unspecified atom stereocenters. The van der Waals surface area contributed by atoms with Gasteiger partial charge >= 0.3 is 0 Å². The number of amides is 1. The predicted octanol–water partition coefficient (Wildman–Crippen LogP) is 6.21. The zero-order valence-corrected chi connectivity index (χ0v) is 18.1. The molecule has 0 saturated carbocycles. The monoisotopic (exact) mass is 453 g/mol. The van der Waals surface area contributed by atoms with Crippen molar-refractivity contribution in [1.29, 1.82) is 0 Å². The molecule has 3 aromatic carbocycles. The van der Waals surface area contributed by atoms with Crippen LogP contribution in [0.3, 0.4) is 0 Å². The number of carbonyl (C=O) groups excluding carboxylic acids is 1. The van der Waals surface area contributed by atoms with Gasteiger partial charge in [0.2, 0.25) is 0 Å². The molecule has 31 heavy (non-hydrogen) atoms. The second kappa shape index (κ2) is 8.92. The Hall–Kier alpha value is -3.15. The highest BCUT2D eigenvalue weighted by Gasteiger charge is 2.14. The first-order chi connectivity index (χ1) is 14.9. The average molecular weight is 454 g/mol. The first-order valence-corrected chi connectivity index (χ1v) is 10.3. The predicted molar refractivity (Wildman–Crippen MR) is 124 cm³/mol. The molecule has 1 amide bonds. The highest BCUT2D eigenvalue weighted by atomic mass is 35.5. The Morgan fingerprint density at radius 3 is 2.58 bits per heavy atom. The van der Waals surface area contributed by atoms with E-state index in [1.165, 1.54) is 18.2 Å². The summed E-state index contributed by atoms with van der Waals surface area (Å²) in [5, 5.41) is 5.86. The minimum absolute atomic E-state index is 0.257. The molecule has 1 aromatic heterocycles. The van der Waals surface area contributed by atoms with Crippen molar-refractivity contribution in [2.75, 3.05) is 0 Å². The molecule has 0 radical (unpaired) electrons. The van der Waals surface area contributed by atoms with Crippen LogP contribution in [0.4, 0.5) is 4.39 Å². The molecular weight excluding hydrogens is 436 g/mol. The fourth-order valence-electron chi connectivity index (χ4n) is 3.49. The Morgan fingerprint density at radius 2 is 1.84 bits per heavy atom. The van der Waals surface area contributed by atoms with Crippen molar-refractivity contribution >= 4 is 46.2 Å². The topological polar surface area (TPSA) is 46.4 Å². The number of benzene rings is 3. The zero-order valence-electron chi connectivity index (χ0n) is 16.6. The molecule has 4 aromatic rings. The number of para-hydroxylation sites is 1. The SMILES string of the molecule is Cc1c(/C=N\NC(=O)c2ccc(Cl)cc2Cl)c2ccccc2n1Cc1ccc(F)cc1. The number of hydrazone groups is 1. The lowest BCUT2D eigenvalue weighted by Crippen LogP contribution is -2.18. The minimum atomic E-state index is -0.425. The summed E-state index contributed by atoms with van der Waals surface area (Å²) in [5.74, 6) is -0.687. The van der Waals surface area contributed by atoms with Gasteiger partial charge in [0.05, 0.1) is 16.8 Å². The van der Waals surface area contributed by atoms with Gasteiger partial charge in [-0.2, -0.15) is 5.10 Å². The number of carbonyl (C=O) groups is 1. The van der Waals surface area contributed by atoms with Crippen molar-refractivity contribution in [1.82, 2.24) is 9.99 Å². The van der Waals surface area contributed by atoms with E-state index in [0.29, 0.717) is 17.1 Å². The summed E-state index contributed by atoms with van der Waals surface area (Å²) in [6.07, 6.45) is 1.63. The van der Waals surface area contributed by atoms with Crippen molar-refractivity contribution in [3.8, 4) is 0 Å². The number of hydrogen-bond donors (Lipinski definition) is 1. The standard InChI is InChI=1S/C24H18Cl2FN3O/c1-15-21(13-28-29-24(31)20-11-8-17(25)12-22(20)26)19-4-2-3-5-23(19)30(15)14-16-6-9-18(27)10-7-16/h2-13H,14H2,1H3,(H,29,31)/b28-13-. The van der Waals surface area contributed by atoms with Gasteiger partial charge in [-0.05, 0) is 48.9 Å². The Kier molecular flexibility index (Phi) is 6.07. The number of fused-ring (bicyclic) bond motifs is 1. The number of rotatable bonds is 5. The molecule has 7 heteroatoms. The smallest absolute Gasteiger partial charge is 0.272 e. The maximum absolute atomic E-state index is 13.3. The van der Waals surface area contributed by atoms with E-state index in [4.69, 9.17) is 23.2 Å². The summed E-state index contributed by atoms with van der Waals surface area (Å²) in [4.78, 5) is 12.4. The van der Waals surface area contributed by atoms with E-state index in [-0.39, 0.29) is 10.8 Å². The van der Waals surface area contributed by atoms with Gasteiger partial charge in [0, 0.05) is 33.7 Å². The number of nitrogens with zero attached hydrogens (tertiary/aromatic N) is 2. The summed E-state index contributed by atoms with van der Waals surface area (Å²) < 4.78 is 15.4. The van der Waals surface area contributed by atoms with Crippen molar-refractivity contribution in [3.05, 3.63) is 105 Å². The number of halogens is 3. The highest BCUT2D eigenvalue weighted by Crippen LogP contribution is 2.26. The van der Waals surface area contributed by atoms with Crippen LogP contribution < -0.4 is 5.43 Å². The summed E-state index contributed by atoms with van der Waals surface area (Å²) in [6.45, 7) is 2.58. The van der Waals surface area contributed by atoms with Crippen LogP contribution in [0, 0.1) is 12.7 Å². The van der Waals surface area contributed by atoms with E-state index in [9.17, 15) is 9.18 Å². The third kappa shape index (κ3) is 4.48. The van der Waals surface area contributed by atoms with Crippen LogP contribution in [0.25, 0.3) is 10.9 Å². The maximum atomic E-state index is 13.3. The second-order valence-electron chi connectivity index (χ2n) is 7.05. The third-order valence-corrected chi connectivity index (χ3v) is 5.62. The van der Waals surface area contributed by atoms with Gasteiger partial charge in [-0.15, -0.1) is 0 Å². The lowest BCUT2D eigenvalue weighted by atomic mass is 10.1. The Morgan fingerprint density at radius 1 is 1.10 bits per heavy atom. The van der Waals surface area contributed by atoms with Gasteiger partial charge in [0.1, 0.15) is 5.82 Å². The van der Waals surface area contributed by atoms with Gasteiger partial charge in [-0.3, -0.25) is 4.79 Å². The van der Waals surface area contributed by atoms with Crippen LogP contribution in [0.1, 0.15) is 27.2 Å². The van der Waals surface area contributed by atoms with E-state index in [1.54, 1.807) is 30.5 Å². The molecule has 0 aliphatic rings. The molecule has 4 rings (SSSR count). The van der Waals surface area contributed by atoms with Crippen molar-refractivity contribution in [2.24, 2.45) is 5.10 Å². The van der Waals surface area contributed by atoms with E-state index in [2.05, 4.69) is 15.1 Å². The Bertz CT molecular complexity index is 1300. The van der Waals surface area contributed by atoms with Crippen molar-refractivity contribution < 1.29 is 9.18 Å². The van der Waals surface area contributed by atoms with E-state index < -0.39 is 5.91 Å². The van der Waals surface area contributed by atoms with Crippen molar-refractivity contribution in [3.63, 3.8) is 0 Å². The van der Waals surface area contributed by atoms with Crippen molar-refractivity contribution in [2.45, 2.75) is 13.5 Å². The van der Waals surface area contributed by atoms with Crippen LogP contribution in [0.15, 0.2) is 71.8 Å². The van der Waals surface area contributed by atoms with Crippen LogP contribution >= 0.6 is 23.2 Å². The molecule has 0 atom stereocenters. The summed E-state index contributed by atoms with van der Waals surface area (Å²) in [7, 11) is 0. The Balaban J connectivity index is 1.62. The fourth-order valence-corrected chi connectivity index (χ4v) is 3.98. The lowest BCUT2D eigenvalue weighted by Gasteiger charge is -2.08. The minimum Gasteiger partial charge on any atom is -0.340 e. The van der Waals surface area contributed by atoms with E-state index >= 15 is 0 Å². The zero-order chi connectivity index (χ0) is 22.0. The quantitative estimate of drug-likeness (QED) is 0.283. The van der Waals surface area contributed by atoms with Crippen LogP contribution in [-0.2, 0) is 6.54 Å². The summed E-state index contributed by atoms with van der Waals surface area (Å²) >= 11 is 12.0. The molecule has 4 nitrogen and oxygen atoms in total. The van der Waals surface area contributed by atoms with Gasteiger partial charge < -0.3 is 4.57 Å². The molecule has 1 heterocycles. The number of hydrogen-bond acceptors (Lipinski definition) is 2. The molecule has 0 fully saturated rings. The molecular formula is C24H18Cl2FN3O. The first-order valence-electron chi connectivity index (χ1n) is 9.55. The van der Waals surface area contributed by atoms with Gasteiger partial charge in [-0.1, -0.05) is 53.5 Å². The molecule has 0 aliphatic carbocycles. The van der Waals surface area contributed by atoms with Gasteiger partial charge in [0.15, 0.2) is 0 Å². The summed E-state index contributed by atoms with van der Waals surface area (Å²) in [6, 6.07) is 19.1. The van der Waals surface area contributed by atoms with Gasteiger partial charge in [0.25, 0.3) is 5.91 Å². The van der Waals surface area contributed by atoms with E-state index in [1.807, 2.05) is 31.2 Å². The molecule has 1 N–H and O–H groups in total. The fraction of sp³-hybridized carbons (Fsp3) is 0.0833. The first kappa shape index (κ1) is 21.1. The van der Waals surface area contributed by atoms with E-state index in [0.717, 1.165) is 27.7 Å². The number of aromatic nitrogens is 1. The maximum Gasteiger partial charge on any atom is 0.272 e. The lowest BCUT2D eigenvalue weighted by molar-refractivity contribution is 0.0955. The molecule has 0 aliphatic heterocycles. The summed E-state index contributed by atoms with van der Waals surface area (Å²) in [5.41, 5.74) is 6.69. The molecule has 0 bridgehead atoms. The van der Waals surface area contributed by atoms with Crippen LogP contribution in [0.2, 0.25) is 10.0 Å². The molecule has 156 valence electrons. The van der Waals surface area contributed by atoms with Gasteiger partial charge in [-0.25, -0.2) is 9.82 Å². The largest absolute Gasteiger partial charge is 0.340 e. The normalized spacial score (nSPS) is 11.4. The number of nitrogens with one attached hydrogen (secondary N) is 1. The van der Waals surface area contributed by atoms with Crippen LogP contribution in [-0.4, -0.2) is 16.7 Å². The molecule has 0 saturated heterocycles. The Labute approximate surface area is 188 Å². The highest BCUT2D eigenvalue weighted by molar-refractivity contribution is 6.36. The average Bonchev–Trinajstić information content (AvgIpc) is 3.01.